The monoisotopic (exact) mass is 2110 g/mol. The molecule has 8 aromatic heterocycles. The molecule has 0 nitrogen and oxygen atoms in total. The molecular weight excluding hydrogens is 1950 g/mol. The van der Waals surface area contributed by atoms with Gasteiger partial charge >= 0.3 is 137 Å². The van der Waals surface area contributed by atoms with Gasteiger partial charge in [-0.3, -0.25) is 0 Å². The van der Waals surface area contributed by atoms with Crippen LogP contribution in [0, 0.1) is 21.3 Å². The number of thiophene rings is 8. The first-order valence-electron chi connectivity index (χ1n) is 46.0. The van der Waals surface area contributed by atoms with Gasteiger partial charge in [0.15, 0.2) is 0 Å². The van der Waals surface area contributed by atoms with Gasteiger partial charge in [-0.15, -0.1) is 85.9 Å². The van der Waals surface area contributed by atoms with E-state index in [0.29, 0.717) is 0 Å². The second kappa shape index (κ2) is 69.0. The molecule has 0 aliphatic heterocycles. The van der Waals surface area contributed by atoms with Crippen LogP contribution < -0.4 is 5.79 Å². The number of rotatable bonds is 61. The van der Waals surface area contributed by atoms with E-state index in [2.05, 4.69) is 213 Å². The molecule has 2 atom stereocenters. The van der Waals surface area contributed by atoms with Gasteiger partial charge in [-0.2, -0.15) is 0 Å². The molecule has 645 valence electrons. The number of hydrogen-bond acceptors (Lipinski definition) is 8. The first-order chi connectivity index (χ1) is 55.5. The molecule has 8 aromatic rings. The van der Waals surface area contributed by atoms with Crippen LogP contribution in [-0.2, 0) is 25.7 Å². The molecule has 0 saturated carbocycles. The van der Waals surface area contributed by atoms with Gasteiger partial charge in [-0.05, 0) is 180 Å². The van der Waals surface area contributed by atoms with E-state index in [1.54, 1.807) is 16.9 Å². The number of aryl methyl sites for hydroxylation is 6. The van der Waals surface area contributed by atoms with Crippen molar-refractivity contribution in [3.63, 3.8) is 0 Å². The summed E-state index contributed by atoms with van der Waals surface area (Å²) >= 11 is 20.5. The van der Waals surface area contributed by atoms with Crippen molar-refractivity contribution in [3.05, 3.63) is 139 Å². The predicted molar refractivity (Wildman–Crippen MR) is 568 cm³/mol. The second-order valence-electron chi connectivity index (χ2n) is 33.7. The van der Waals surface area contributed by atoms with Gasteiger partial charge in [0.2, 0.25) is 0 Å². The predicted octanol–water partition coefficient (Wildman–Crippen LogP) is 40.2. The van der Waals surface area contributed by atoms with E-state index in [-0.39, 0.29) is 7.43 Å². The van der Waals surface area contributed by atoms with Crippen LogP contribution >= 0.6 is 148 Å². The van der Waals surface area contributed by atoms with Crippen LogP contribution in [0.15, 0.2) is 80.4 Å². The Morgan fingerprint density at radius 3 is 0.957 bits per heavy atom. The maximum absolute atomic E-state index is 3.88. The van der Waals surface area contributed by atoms with Crippen molar-refractivity contribution in [2.24, 2.45) is 0 Å². The van der Waals surface area contributed by atoms with Gasteiger partial charge < -0.3 is 0 Å². The Morgan fingerprint density at radius 1 is 0.322 bits per heavy atom. The summed E-state index contributed by atoms with van der Waals surface area (Å²) < 4.78 is 6.02. The van der Waals surface area contributed by atoms with Crippen LogP contribution in [0.1, 0.15) is 387 Å². The molecule has 0 aromatic carbocycles. The van der Waals surface area contributed by atoms with E-state index in [1.165, 1.54) is 411 Å². The van der Waals surface area contributed by atoms with Gasteiger partial charge in [0.05, 0.1) is 7.57 Å². The molecule has 0 aliphatic carbocycles. The van der Waals surface area contributed by atoms with Crippen LogP contribution in [0.5, 0.6) is 0 Å². The minimum absolute atomic E-state index is 0. The summed E-state index contributed by atoms with van der Waals surface area (Å²) in [5.74, 6) is 0. The fourth-order valence-corrected chi connectivity index (χ4v) is 33.7. The molecule has 0 saturated heterocycles. The standard InChI is InChI=1S/C48H72S4.C36H60Br2S2.C10H6S2.6CH3.H5P3.2Sn/c1-5-7-9-11-13-15-17-19-21-23-25-27-29-41-37-46(50-40(41)4)47-38-42(30-28-26-24-22-20-18-16-14-12-10-8-6-2)48(52-47)45-36-35-44(51-45)34-33-43-32-31-39(3)49-43;1-3-5-7-9-11-13-15-17-19-21-23-25-27-31-29-33(39-35(31)37)34-30-32(36(38)40-34)28-26-24-22-20-18-16-14-12-10-8-6-4-2;1-3-9(11-7-1)5-6-10-4-2-8-12-10;;;;;;;1-3-2;;/h31-38H,5-30H2,1-4H3;29-30H,3-28H2,1-2H3;1-6H;6*1H3;3H,1-2H2;;/q;;;;;;;;+1;;;/b34-33+;;6-5+;;;;;;;;;. The van der Waals surface area contributed by atoms with Crippen LogP contribution in [0.4, 0.5) is 0 Å². The van der Waals surface area contributed by atoms with E-state index in [9.17, 15) is 0 Å². The van der Waals surface area contributed by atoms with Gasteiger partial charge in [0.25, 0.3) is 0 Å². The van der Waals surface area contributed by atoms with Crippen LogP contribution in [0.25, 0.3) is 53.6 Å². The van der Waals surface area contributed by atoms with E-state index >= 15 is 0 Å². The zero-order valence-electron chi connectivity index (χ0n) is 74.7. The molecule has 8 heterocycles. The van der Waals surface area contributed by atoms with Gasteiger partial charge in [-0.1, -0.05) is 318 Å². The second-order valence-corrected chi connectivity index (χ2v) is 73.4. The molecule has 0 fully saturated rings. The SMILES string of the molecule is CCCCCCCCCCCCCCc1cc(-c2cc(CCCCCCCCCCCCCC)c(-c3ccc(/C=C/c4ccc(C)s4)s3)s2)sc1C.CCCCCCCCCCCCCCc1cc(-c2cc(CCCCCCCCCCCCCC)c(Br)s2)sc1Br.PPP.[CH3+].[CH3][Sn]([CH3])[c]1ccc(/C=C/c2cc[c]([Sn]([CH3])([CH3])[CH3])s2)s1. The van der Waals surface area contributed by atoms with Gasteiger partial charge in [0, 0.05) is 56.2 Å². The van der Waals surface area contributed by atoms with E-state index < -0.39 is 38.1 Å². The summed E-state index contributed by atoms with van der Waals surface area (Å²) in [6.07, 6.45) is 82.0. The Balaban J connectivity index is 0.000000388. The average molecular weight is 2110 g/mol. The fraction of sp³-hybridized carbons (Fsp3) is 0.630. The van der Waals surface area contributed by atoms with Crippen molar-refractivity contribution in [3.8, 4) is 29.3 Å². The maximum atomic E-state index is 3.88. The molecule has 15 heteroatoms. The summed E-state index contributed by atoms with van der Waals surface area (Å²) in [5.41, 5.74) is 6.20. The van der Waals surface area contributed by atoms with Crippen LogP contribution in [0.3, 0.4) is 0 Å². The zero-order valence-corrected chi connectivity index (χ0v) is 93.4. The summed E-state index contributed by atoms with van der Waals surface area (Å²) in [6.45, 7) is 13.8. The summed E-state index contributed by atoms with van der Waals surface area (Å²) in [6, 6.07) is 28.4. The zero-order chi connectivity index (χ0) is 82.1. The van der Waals surface area contributed by atoms with Crippen molar-refractivity contribution >= 4 is 217 Å². The molecule has 0 aliphatic rings. The third-order valence-corrected chi connectivity index (χ3v) is 49.0. The van der Waals surface area contributed by atoms with Crippen molar-refractivity contribution in [2.75, 3.05) is 0 Å². The van der Waals surface area contributed by atoms with Gasteiger partial charge in [-0.25, -0.2) is 0 Å². The Labute approximate surface area is 776 Å². The third kappa shape index (κ3) is 48.9. The Hall–Kier alpha value is 0.797. The van der Waals surface area contributed by atoms with Crippen molar-refractivity contribution in [1.82, 2.24) is 0 Å². The van der Waals surface area contributed by atoms with Crippen LogP contribution in [-0.4, -0.2) is 38.1 Å². The molecule has 2 unspecified atom stereocenters. The van der Waals surface area contributed by atoms with E-state index in [4.69, 9.17) is 0 Å². The third-order valence-electron chi connectivity index (χ3n) is 21.9. The molecule has 0 N–H and O–H groups in total. The van der Waals surface area contributed by atoms with Gasteiger partial charge in [0.1, 0.15) is 0 Å². The first kappa shape index (κ1) is 108. The molecule has 0 amide bonds. The molecule has 1 radical (unpaired) electrons. The minimum atomic E-state index is -1.85. The number of unbranched alkanes of at least 4 members (excludes halogenated alkanes) is 44. The topological polar surface area (TPSA) is 0 Å². The number of halogens is 2. The normalized spacial score (nSPS) is 11.7. The molecule has 8 rings (SSSR count). The molecule has 0 spiro atoms. The molecular formula is C100H161Br2P3S8Sn2+. The van der Waals surface area contributed by atoms with E-state index in [0.717, 1.165) is 7.96 Å². The van der Waals surface area contributed by atoms with Crippen LogP contribution in [0.2, 0.25) is 24.7 Å². The summed E-state index contributed by atoms with van der Waals surface area (Å²) in [5, 5.41) is 0. The van der Waals surface area contributed by atoms with Crippen molar-refractivity contribution < 1.29 is 0 Å². The summed E-state index contributed by atoms with van der Waals surface area (Å²) in [4.78, 5) is 29.6. The van der Waals surface area contributed by atoms with Crippen molar-refractivity contribution in [1.29, 1.82) is 0 Å². The molecule has 115 heavy (non-hydrogen) atoms. The fourth-order valence-electron chi connectivity index (χ4n) is 14.8. The first-order valence-corrected chi connectivity index (χ1v) is 75.8. The Kier molecular flexibility index (Phi) is 64.9. The average Bonchev–Trinajstić information content (AvgIpc) is 1.66. The quantitative estimate of drug-likeness (QED) is 0.0154. The summed E-state index contributed by atoms with van der Waals surface area (Å²) in [7, 11) is 6.06. The van der Waals surface area contributed by atoms with Crippen molar-refractivity contribution in [2.45, 2.75) is 400 Å². The Morgan fingerprint density at radius 2 is 0.609 bits per heavy atom. The number of hydrogen-bond donors (Lipinski definition) is 0. The van der Waals surface area contributed by atoms with E-state index in [1.807, 2.05) is 90.7 Å². The Bertz CT molecular complexity index is 3620. The molecule has 0 bridgehead atoms.